The standard InChI is InChI=1S/C13H21NOS/c1-9(2)7-11-14-10(3)12(16-11)13(8-15)5-4-6-13/h9,15H,4-8H2,1-3H3. The highest BCUT2D eigenvalue weighted by molar-refractivity contribution is 7.11. The summed E-state index contributed by atoms with van der Waals surface area (Å²) >= 11 is 1.82. The molecule has 0 atom stereocenters. The Hall–Kier alpha value is -0.410. The second kappa shape index (κ2) is 4.46. The lowest BCUT2D eigenvalue weighted by Crippen LogP contribution is -2.37. The van der Waals surface area contributed by atoms with Gasteiger partial charge in [-0.05, 0) is 25.7 Å². The first-order valence-corrected chi connectivity index (χ1v) is 6.97. The van der Waals surface area contributed by atoms with Crippen molar-refractivity contribution in [2.24, 2.45) is 5.92 Å². The van der Waals surface area contributed by atoms with E-state index < -0.39 is 0 Å². The lowest BCUT2D eigenvalue weighted by atomic mass is 9.68. The van der Waals surface area contributed by atoms with Crippen LogP contribution in [0.2, 0.25) is 0 Å². The number of aryl methyl sites for hydroxylation is 1. The van der Waals surface area contributed by atoms with Crippen molar-refractivity contribution in [2.75, 3.05) is 6.61 Å². The molecule has 0 aromatic carbocycles. The van der Waals surface area contributed by atoms with E-state index in [1.165, 1.54) is 16.3 Å². The molecule has 1 aromatic heterocycles. The number of hydrogen-bond acceptors (Lipinski definition) is 3. The molecular formula is C13H21NOS. The zero-order valence-electron chi connectivity index (χ0n) is 10.4. The third kappa shape index (κ3) is 2.03. The van der Waals surface area contributed by atoms with Gasteiger partial charge in [0.2, 0.25) is 0 Å². The predicted octanol–water partition coefficient (Wildman–Crippen LogP) is 3.06. The molecule has 16 heavy (non-hydrogen) atoms. The van der Waals surface area contributed by atoms with E-state index in [4.69, 9.17) is 0 Å². The van der Waals surface area contributed by atoms with E-state index in [1.807, 2.05) is 11.3 Å². The molecule has 2 nitrogen and oxygen atoms in total. The zero-order chi connectivity index (χ0) is 11.8. The van der Waals surface area contributed by atoms with Crippen LogP contribution >= 0.6 is 11.3 Å². The number of hydrogen-bond donors (Lipinski definition) is 1. The van der Waals surface area contributed by atoms with Gasteiger partial charge in [0.1, 0.15) is 0 Å². The van der Waals surface area contributed by atoms with E-state index in [1.54, 1.807) is 0 Å². The van der Waals surface area contributed by atoms with Gasteiger partial charge in [-0.2, -0.15) is 0 Å². The first kappa shape index (κ1) is 12.1. The van der Waals surface area contributed by atoms with Gasteiger partial charge in [0, 0.05) is 16.7 Å². The van der Waals surface area contributed by atoms with Gasteiger partial charge in [-0.1, -0.05) is 20.3 Å². The Morgan fingerprint density at radius 2 is 2.12 bits per heavy atom. The Labute approximate surface area is 102 Å². The van der Waals surface area contributed by atoms with Crippen molar-refractivity contribution in [1.82, 2.24) is 4.98 Å². The molecule has 1 aromatic rings. The van der Waals surface area contributed by atoms with Gasteiger partial charge >= 0.3 is 0 Å². The molecule has 1 aliphatic rings. The summed E-state index contributed by atoms with van der Waals surface area (Å²) in [5, 5.41) is 10.8. The van der Waals surface area contributed by atoms with Gasteiger partial charge in [-0.15, -0.1) is 11.3 Å². The number of nitrogens with zero attached hydrogens (tertiary/aromatic N) is 1. The summed E-state index contributed by atoms with van der Waals surface area (Å²) < 4.78 is 0. The molecular weight excluding hydrogens is 218 g/mol. The molecule has 0 bridgehead atoms. The van der Waals surface area contributed by atoms with Crippen molar-refractivity contribution in [3.63, 3.8) is 0 Å². The summed E-state index contributed by atoms with van der Waals surface area (Å²) in [7, 11) is 0. The maximum Gasteiger partial charge on any atom is 0.0933 e. The van der Waals surface area contributed by atoms with Gasteiger partial charge < -0.3 is 5.11 Å². The summed E-state index contributed by atoms with van der Waals surface area (Å²) in [6.07, 6.45) is 4.58. The summed E-state index contributed by atoms with van der Waals surface area (Å²) in [5.74, 6) is 0.657. The van der Waals surface area contributed by atoms with Crippen LogP contribution in [0, 0.1) is 12.8 Å². The highest BCUT2D eigenvalue weighted by Gasteiger charge is 2.41. The fraction of sp³-hybridized carbons (Fsp3) is 0.769. The predicted molar refractivity (Wildman–Crippen MR) is 68.0 cm³/mol. The molecule has 0 aliphatic heterocycles. The molecule has 1 fully saturated rings. The van der Waals surface area contributed by atoms with E-state index in [0.717, 1.165) is 25.0 Å². The normalized spacial score (nSPS) is 18.8. The molecule has 1 heterocycles. The molecule has 1 saturated carbocycles. The monoisotopic (exact) mass is 239 g/mol. The Morgan fingerprint density at radius 1 is 1.44 bits per heavy atom. The first-order valence-electron chi connectivity index (χ1n) is 6.15. The van der Waals surface area contributed by atoms with Crippen LogP contribution in [0.25, 0.3) is 0 Å². The van der Waals surface area contributed by atoms with Crippen molar-refractivity contribution < 1.29 is 5.11 Å². The minimum atomic E-state index is 0.0664. The molecule has 3 heteroatoms. The third-order valence-corrected chi connectivity index (χ3v) is 4.94. The van der Waals surface area contributed by atoms with Crippen LogP contribution in [0.1, 0.15) is 48.7 Å². The highest BCUT2D eigenvalue weighted by Crippen LogP contribution is 2.46. The lowest BCUT2D eigenvalue weighted by Gasteiger charge is -2.39. The zero-order valence-corrected chi connectivity index (χ0v) is 11.2. The molecule has 0 spiro atoms. The van der Waals surface area contributed by atoms with E-state index in [2.05, 4.69) is 25.8 Å². The van der Waals surface area contributed by atoms with Crippen LogP contribution in [0.5, 0.6) is 0 Å². The molecule has 0 saturated heterocycles. The fourth-order valence-corrected chi connectivity index (χ4v) is 3.95. The molecule has 1 N–H and O–H groups in total. The van der Waals surface area contributed by atoms with Gasteiger partial charge in [0.05, 0.1) is 17.3 Å². The Bertz CT molecular complexity index is 360. The maximum atomic E-state index is 9.58. The van der Waals surface area contributed by atoms with Crippen molar-refractivity contribution >= 4 is 11.3 Å². The molecule has 0 unspecified atom stereocenters. The third-order valence-electron chi connectivity index (χ3n) is 3.52. The first-order chi connectivity index (χ1) is 7.57. The van der Waals surface area contributed by atoms with Crippen LogP contribution in [-0.4, -0.2) is 16.7 Å². The SMILES string of the molecule is Cc1nc(CC(C)C)sc1C1(CO)CCC1. The number of aliphatic hydroxyl groups excluding tert-OH is 1. The van der Waals surface area contributed by atoms with Crippen LogP contribution < -0.4 is 0 Å². The fourth-order valence-electron chi connectivity index (χ4n) is 2.44. The Morgan fingerprint density at radius 3 is 2.56 bits per heavy atom. The van der Waals surface area contributed by atoms with Crippen molar-refractivity contribution in [3.8, 4) is 0 Å². The van der Waals surface area contributed by atoms with Crippen LogP contribution in [0.15, 0.2) is 0 Å². The quantitative estimate of drug-likeness (QED) is 0.876. The highest BCUT2D eigenvalue weighted by atomic mass is 32.1. The molecule has 2 rings (SSSR count). The van der Waals surface area contributed by atoms with Crippen LogP contribution in [0.3, 0.4) is 0 Å². The minimum absolute atomic E-state index is 0.0664. The van der Waals surface area contributed by atoms with E-state index in [-0.39, 0.29) is 12.0 Å². The maximum absolute atomic E-state index is 9.58. The van der Waals surface area contributed by atoms with Crippen LogP contribution in [0.4, 0.5) is 0 Å². The summed E-state index contributed by atoms with van der Waals surface area (Å²) in [6.45, 7) is 6.83. The molecule has 0 amide bonds. The molecule has 90 valence electrons. The van der Waals surface area contributed by atoms with E-state index >= 15 is 0 Å². The average molecular weight is 239 g/mol. The van der Waals surface area contributed by atoms with Crippen LogP contribution in [-0.2, 0) is 11.8 Å². The second-order valence-corrected chi connectivity index (χ2v) is 6.50. The number of aliphatic hydroxyl groups is 1. The summed E-state index contributed by atoms with van der Waals surface area (Å²) in [5.41, 5.74) is 1.21. The van der Waals surface area contributed by atoms with Gasteiger partial charge in [0.15, 0.2) is 0 Å². The largest absolute Gasteiger partial charge is 0.395 e. The van der Waals surface area contributed by atoms with Gasteiger partial charge in [0.25, 0.3) is 0 Å². The van der Waals surface area contributed by atoms with Crippen molar-refractivity contribution in [1.29, 1.82) is 0 Å². The van der Waals surface area contributed by atoms with Gasteiger partial charge in [-0.3, -0.25) is 0 Å². The number of rotatable bonds is 4. The summed E-state index contributed by atoms with van der Waals surface area (Å²) in [4.78, 5) is 6.00. The molecule has 0 radical (unpaired) electrons. The smallest absolute Gasteiger partial charge is 0.0933 e. The lowest BCUT2D eigenvalue weighted by molar-refractivity contribution is 0.122. The number of aromatic nitrogens is 1. The second-order valence-electron chi connectivity index (χ2n) is 5.41. The molecule has 1 aliphatic carbocycles. The Kier molecular flexibility index (Phi) is 3.36. The van der Waals surface area contributed by atoms with Crippen molar-refractivity contribution in [2.45, 2.75) is 51.9 Å². The van der Waals surface area contributed by atoms with Gasteiger partial charge in [-0.25, -0.2) is 4.98 Å². The Balaban J connectivity index is 2.24. The minimum Gasteiger partial charge on any atom is -0.395 e. The number of thiazole rings is 1. The van der Waals surface area contributed by atoms with E-state index in [9.17, 15) is 5.11 Å². The average Bonchev–Trinajstić information content (AvgIpc) is 2.46. The van der Waals surface area contributed by atoms with E-state index in [0.29, 0.717) is 5.92 Å². The topological polar surface area (TPSA) is 33.1 Å². The van der Waals surface area contributed by atoms with Crippen molar-refractivity contribution in [3.05, 3.63) is 15.6 Å². The summed E-state index contributed by atoms with van der Waals surface area (Å²) in [6, 6.07) is 0.